The molecule has 63 heavy (non-hydrogen) atoms. The van der Waals surface area contributed by atoms with Gasteiger partial charge in [0.1, 0.15) is 18.1 Å². The van der Waals surface area contributed by atoms with Crippen molar-refractivity contribution in [3.05, 3.63) is 83.4 Å². The van der Waals surface area contributed by atoms with E-state index in [1.165, 1.54) is 73.7 Å². The van der Waals surface area contributed by atoms with E-state index in [1.807, 2.05) is 19.1 Å². The summed E-state index contributed by atoms with van der Waals surface area (Å²) in [4.78, 5) is 35.1. The van der Waals surface area contributed by atoms with E-state index in [-0.39, 0.29) is 45.4 Å². The van der Waals surface area contributed by atoms with E-state index >= 15 is 0 Å². The zero-order valence-corrected chi connectivity index (χ0v) is 39.7. The number of carbonyl (C=O) groups is 2. The number of allylic oxidation sites excluding steroid dienone is 7. The normalized spacial score (nSPS) is 15.3. The molecule has 6 N–H and O–H groups in total. The molecule has 0 aliphatic heterocycles. The van der Waals surface area contributed by atoms with Gasteiger partial charge in [0.15, 0.2) is 6.10 Å². The van der Waals surface area contributed by atoms with Crippen molar-refractivity contribution in [3.63, 3.8) is 0 Å². The molecule has 1 aromatic rings. The molecule has 13 nitrogen and oxygen atoms in total. The lowest BCUT2D eigenvalue weighted by Gasteiger charge is -2.20. The molecule has 0 amide bonds. The maximum Gasteiger partial charge on any atom is 0.472 e. The molecule has 0 spiro atoms. The van der Waals surface area contributed by atoms with Crippen LogP contribution in [0.5, 0.6) is 0 Å². The second-order valence-electron chi connectivity index (χ2n) is 16.0. The van der Waals surface area contributed by atoms with Gasteiger partial charge in [0.05, 0.1) is 31.5 Å². The van der Waals surface area contributed by atoms with Crippen molar-refractivity contribution >= 4 is 19.8 Å². The van der Waals surface area contributed by atoms with Crippen LogP contribution in [0.3, 0.4) is 0 Å². The Morgan fingerprint density at radius 3 is 1.86 bits per heavy atom. The summed E-state index contributed by atoms with van der Waals surface area (Å²) in [5.74, 6) is 1.16. The van der Waals surface area contributed by atoms with E-state index in [1.54, 1.807) is 42.5 Å². The minimum atomic E-state index is -4.49. The van der Waals surface area contributed by atoms with Gasteiger partial charge in [0.25, 0.3) is 0 Å². The Morgan fingerprint density at radius 1 is 0.698 bits per heavy atom. The Balaban J connectivity index is 2.35. The average Bonchev–Trinajstić information content (AvgIpc) is 3.52. The highest BCUT2D eigenvalue weighted by Crippen LogP contribution is 2.43. The molecular weight excluding hydrogens is 826 g/mol. The first-order chi connectivity index (χ1) is 30.3. The number of aryl methyl sites for hydroxylation is 2. The van der Waals surface area contributed by atoms with Crippen molar-refractivity contribution in [1.82, 2.24) is 0 Å². The van der Waals surface area contributed by atoms with Crippen molar-refractivity contribution in [3.8, 4) is 0 Å². The number of aliphatic hydroxyl groups excluding tert-OH is 3. The SMILES string of the molecule is CC/C=C\C[C@H](O)/C=C/C=C/C=C\C=C/[C@@H](O)[C@H](O)CCCC(=O)O[C@H](COC(=O)CCCCCCCCCCCCc1oc(CCCCC)c(C)c1C)COP(=O)(O)OCCN. The summed E-state index contributed by atoms with van der Waals surface area (Å²) in [5.41, 5.74) is 7.99. The Morgan fingerprint density at radius 2 is 1.25 bits per heavy atom. The van der Waals surface area contributed by atoms with Gasteiger partial charge >= 0.3 is 19.8 Å². The van der Waals surface area contributed by atoms with Gasteiger partial charge in [-0.15, -0.1) is 0 Å². The molecule has 0 saturated heterocycles. The fourth-order valence-electron chi connectivity index (χ4n) is 6.57. The molecular formula is C49H82NO12P. The van der Waals surface area contributed by atoms with Crippen molar-refractivity contribution in [1.29, 1.82) is 0 Å². The minimum absolute atomic E-state index is 0.0103. The van der Waals surface area contributed by atoms with Crippen molar-refractivity contribution in [2.24, 2.45) is 5.73 Å². The number of hydrogen-bond acceptors (Lipinski definition) is 12. The van der Waals surface area contributed by atoms with Gasteiger partial charge in [-0.05, 0) is 69.9 Å². The standard InChI is InChI=1S/C49H82NO12P/c1-5-7-21-28-42(51)29-23-17-15-16-18-24-30-44(52)45(53)31-27-35-49(55)61-43(39-60-63(56,57)59-37-36-50)38-58-48(54)34-26-20-14-12-10-9-11-13-19-25-33-47-41(4)40(3)46(62-47)32-22-8-6-2/h7,15-18,21,23-24,29-30,42-45,51-53H,5-6,8-14,19-20,22,25-28,31-39,50H2,1-4H3,(H,56,57)/b17-15+,18-16-,21-7-,29-23+,30-24-/t42-,43+,44+,45+/m0/s1. The van der Waals surface area contributed by atoms with E-state index in [4.69, 9.17) is 28.7 Å². The highest BCUT2D eigenvalue weighted by molar-refractivity contribution is 7.47. The van der Waals surface area contributed by atoms with E-state index in [0.717, 1.165) is 51.4 Å². The van der Waals surface area contributed by atoms with Gasteiger partial charge in [-0.3, -0.25) is 18.6 Å². The number of nitrogens with two attached hydrogens (primary N) is 1. The highest BCUT2D eigenvalue weighted by Gasteiger charge is 2.26. The number of phosphoric ester groups is 1. The van der Waals surface area contributed by atoms with Crippen LogP contribution in [0.15, 0.2) is 65.2 Å². The predicted molar refractivity (Wildman–Crippen MR) is 250 cm³/mol. The summed E-state index contributed by atoms with van der Waals surface area (Å²) in [6.07, 6.45) is 31.6. The fourth-order valence-corrected chi connectivity index (χ4v) is 7.33. The molecule has 5 atom stereocenters. The van der Waals surface area contributed by atoms with Crippen LogP contribution in [0, 0.1) is 13.8 Å². The van der Waals surface area contributed by atoms with Gasteiger partial charge in [-0.25, -0.2) is 4.57 Å². The Bertz CT molecular complexity index is 1550. The summed E-state index contributed by atoms with van der Waals surface area (Å²) in [7, 11) is -4.49. The lowest BCUT2D eigenvalue weighted by atomic mass is 10.0. The van der Waals surface area contributed by atoms with Crippen LogP contribution in [0.2, 0.25) is 0 Å². The number of hydrogen-bond donors (Lipinski definition) is 5. The molecule has 0 bridgehead atoms. The zero-order valence-electron chi connectivity index (χ0n) is 38.8. The average molecular weight is 908 g/mol. The van der Waals surface area contributed by atoms with E-state index in [0.29, 0.717) is 12.8 Å². The first-order valence-corrected chi connectivity index (χ1v) is 24.9. The number of rotatable bonds is 39. The molecule has 1 rings (SSSR count). The van der Waals surface area contributed by atoms with Crippen molar-refractivity contribution in [2.45, 2.75) is 187 Å². The monoisotopic (exact) mass is 908 g/mol. The Kier molecular flexibility index (Phi) is 34.1. The van der Waals surface area contributed by atoms with Crippen LogP contribution >= 0.6 is 7.82 Å². The van der Waals surface area contributed by atoms with Gasteiger partial charge in [0, 0.05) is 32.2 Å². The smallest absolute Gasteiger partial charge is 0.466 e. The molecule has 0 aromatic carbocycles. The number of esters is 2. The maximum absolute atomic E-state index is 12.7. The van der Waals surface area contributed by atoms with E-state index in [2.05, 4.69) is 20.8 Å². The molecule has 360 valence electrons. The maximum atomic E-state index is 12.7. The summed E-state index contributed by atoms with van der Waals surface area (Å²) in [6.45, 7) is 7.44. The quantitative estimate of drug-likeness (QED) is 0.0137. The summed E-state index contributed by atoms with van der Waals surface area (Å²) >= 11 is 0. The van der Waals surface area contributed by atoms with Crippen LogP contribution in [-0.4, -0.2) is 82.9 Å². The van der Waals surface area contributed by atoms with Gasteiger partial charge in [-0.2, -0.15) is 0 Å². The molecule has 0 saturated carbocycles. The van der Waals surface area contributed by atoms with Crippen LogP contribution in [-0.2, 0) is 45.5 Å². The third kappa shape index (κ3) is 30.6. The fraction of sp³-hybridized carbons (Fsp3) is 0.673. The van der Waals surface area contributed by atoms with Crippen LogP contribution in [0.1, 0.15) is 158 Å². The number of furan rings is 1. The summed E-state index contributed by atoms with van der Waals surface area (Å²) in [5, 5.41) is 30.5. The number of carbonyl (C=O) groups excluding carboxylic acids is 2. The van der Waals surface area contributed by atoms with Crippen molar-refractivity contribution < 1.29 is 57.3 Å². The lowest BCUT2D eigenvalue weighted by molar-refractivity contribution is -0.161. The zero-order chi connectivity index (χ0) is 46.6. The second kappa shape index (κ2) is 37.1. The second-order valence-corrected chi connectivity index (χ2v) is 17.5. The molecule has 0 aliphatic rings. The van der Waals surface area contributed by atoms with Crippen LogP contribution in [0.25, 0.3) is 0 Å². The molecule has 0 aliphatic carbocycles. The van der Waals surface area contributed by atoms with Crippen molar-refractivity contribution in [2.75, 3.05) is 26.4 Å². The number of phosphoric acid groups is 1. The summed E-state index contributed by atoms with van der Waals surface area (Å²) < 4.78 is 38.9. The largest absolute Gasteiger partial charge is 0.472 e. The third-order valence-corrected chi connectivity index (χ3v) is 11.4. The number of unbranched alkanes of at least 4 members (excludes halogenated alkanes) is 11. The first-order valence-electron chi connectivity index (χ1n) is 23.5. The number of ether oxygens (including phenoxy) is 2. The van der Waals surface area contributed by atoms with Crippen LogP contribution < -0.4 is 5.73 Å². The Hall–Kier alpha value is -3.13. The number of aliphatic hydroxyl groups is 3. The van der Waals surface area contributed by atoms with Gasteiger partial charge in [0.2, 0.25) is 0 Å². The highest BCUT2D eigenvalue weighted by atomic mass is 31.2. The lowest BCUT2D eigenvalue weighted by Crippen LogP contribution is -2.30. The van der Waals surface area contributed by atoms with E-state index < -0.39 is 50.8 Å². The molecule has 0 fully saturated rings. The van der Waals surface area contributed by atoms with Gasteiger partial charge in [-0.1, -0.05) is 139 Å². The first kappa shape index (κ1) is 57.9. The van der Waals surface area contributed by atoms with E-state index in [9.17, 15) is 34.4 Å². The Labute approximate surface area is 378 Å². The molecule has 1 heterocycles. The molecule has 1 unspecified atom stereocenters. The van der Waals surface area contributed by atoms with Crippen LogP contribution in [0.4, 0.5) is 0 Å². The minimum Gasteiger partial charge on any atom is -0.466 e. The van der Waals surface area contributed by atoms with Gasteiger partial charge < -0.3 is 39.8 Å². The summed E-state index contributed by atoms with van der Waals surface area (Å²) in [6, 6.07) is 0. The molecule has 1 aromatic heterocycles. The molecule has 14 heteroatoms. The molecule has 0 radical (unpaired) electrons. The topological polar surface area (TPSA) is 208 Å². The third-order valence-electron chi connectivity index (χ3n) is 10.5. The predicted octanol–water partition coefficient (Wildman–Crippen LogP) is 9.84.